The minimum Gasteiger partial charge on any atom is -0.412 e. The highest BCUT2D eigenvalue weighted by atomic mass is 16.0. The normalized spacial score (nSPS) is 10.3. The van der Waals surface area contributed by atoms with E-state index in [0.717, 1.165) is 0 Å². The molecular weight excluding hydrogens is 380 g/mol. The van der Waals surface area contributed by atoms with Gasteiger partial charge < -0.3 is 15.4 Å². The van der Waals surface area contributed by atoms with Crippen molar-refractivity contribution in [3.63, 3.8) is 0 Å². The van der Waals surface area contributed by atoms with Crippen LogP contribution in [0.1, 0.15) is 0 Å². The highest BCUT2D eigenvalue weighted by Gasteiger charge is 2.02. The average Bonchev–Trinajstić information content (AvgIpc) is 3.45. The molecule has 0 spiro atoms. The van der Waals surface area contributed by atoms with Crippen LogP contribution in [0, 0.1) is 0 Å². The molecule has 6 rings (SSSR count). The van der Waals surface area contributed by atoms with Gasteiger partial charge in [0, 0.05) is 33.2 Å². The Kier molecular flexibility index (Phi) is 5.97. The molecule has 6 aromatic rings. The molecule has 0 fully saturated rings. The van der Waals surface area contributed by atoms with Gasteiger partial charge in [0.15, 0.2) is 0 Å². The summed E-state index contributed by atoms with van der Waals surface area (Å²) in [5, 5.41) is 2.52. The number of nitrogens with one attached hydrogen (secondary N) is 2. The Morgan fingerprint density at radius 3 is 1.13 bits per heavy atom. The number of aromatic amines is 2. The smallest absolute Gasteiger partial charge is 0.0464 e. The van der Waals surface area contributed by atoms with Crippen LogP contribution in [0.3, 0.4) is 0 Å². The Morgan fingerprint density at radius 2 is 0.742 bits per heavy atom. The fraction of sp³-hybridized carbons (Fsp3) is 0. The molecule has 0 unspecified atom stereocenters. The van der Waals surface area contributed by atoms with Crippen molar-refractivity contribution in [2.24, 2.45) is 0 Å². The lowest BCUT2D eigenvalue weighted by atomic mass is 10.1. The predicted molar refractivity (Wildman–Crippen MR) is 131 cm³/mol. The van der Waals surface area contributed by atoms with Crippen molar-refractivity contribution in [2.75, 3.05) is 0 Å². The van der Waals surface area contributed by atoms with Gasteiger partial charge in [0.2, 0.25) is 0 Å². The van der Waals surface area contributed by atoms with Crippen molar-refractivity contribution in [2.45, 2.75) is 0 Å². The first-order chi connectivity index (χ1) is 14.9. The molecule has 0 atom stereocenters. The number of H-pyrrole nitrogens is 2. The molecule has 0 amide bonds. The van der Waals surface area contributed by atoms with Crippen LogP contribution < -0.4 is 0 Å². The molecule has 0 saturated heterocycles. The third-order valence-electron chi connectivity index (χ3n) is 5.23. The van der Waals surface area contributed by atoms with Crippen LogP contribution in [0.5, 0.6) is 0 Å². The monoisotopic (exact) mass is 404 g/mol. The Balaban J connectivity index is 0.000000144. The quantitative estimate of drug-likeness (QED) is 0.317. The first kappa shape index (κ1) is 20.2. The number of fused-ring (bicyclic) bond motifs is 2. The predicted octanol–water partition coefficient (Wildman–Crippen LogP) is 6.85. The van der Waals surface area contributed by atoms with Crippen LogP contribution >= 0.6 is 0 Å². The molecule has 2 heterocycles. The molecule has 4 aromatic carbocycles. The molecule has 0 bridgehead atoms. The van der Waals surface area contributed by atoms with Gasteiger partial charge in [0.1, 0.15) is 0 Å². The van der Waals surface area contributed by atoms with E-state index >= 15 is 0 Å². The molecule has 0 aliphatic carbocycles. The minimum atomic E-state index is 0. The molecule has 3 heteroatoms. The molecule has 31 heavy (non-hydrogen) atoms. The Labute approximate surface area is 181 Å². The van der Waals surface area contributed by atoms with Crippen LogP contribution in [-0.2, 0) is 0 Å². The van der Waals surface area contributed by atoms with Crippen molar-refractivity contribution < 1.29 is 5.48 Å². The third kappa shape index (κ3) is 4.42. The summed E-state index contributed by atoms with van der Waals surface area (Å²) >= 11 is 0. The Hall–Kier alpha value is -4.08. The van der Waals surface area contributed by atoms with Crippen molar-refractivity contribution in [1.29, 1.82) is 0 Å². The van der Waals surface area contributed by atoms with Crippen molar-refractivity contribution >= 4 is 21.8 Å². The highest BCUT2D eigenvalue weighted by molar-refractivity contribution is 5.86. The number of aromatic nitrogens is 2. The number of benzene rings is 4. The molecule has 2 aromatic heterocycles. The summed E-state index contributed by atoms with van der Waals surface area (Å²) in [5.74, 6) is 0. The van der Waals surface area contributed by atoms with E-state index in [0.29, 0.717) is 0 Å². The van der Waals surface area contributed by atoms with Gasteiger partial charge in [-0.3, -0.25) is 0 Å². The maximum Gasteiger partial charge on any atom is 0.0464 e. The maximum absolute atomic E-state index is 3.41. The summed E-state index contributed by atoms with van der Waals surface area (Å²) in [7, 11) is 0. The van der Waals surface area contributed by atoms with E-state index in [-0.39, 0.29) is 5.48 Å². The number of para-hydroxylation sites is 2. The second-order valence-corrected chi connectivity index (χ2v) is 7.27. The third-order valence-corrected chi connectivity index (χ3v) is 5.23. The summed E-state index contributed by atoms with van der Waals surface area (Å²) in [6, 6.07) is 41.8. The van der Waals surface area contributed by atoms with E-state index in [2.05, 4.69) is 107 Å². The fourth-order valence-electron chi connectivity index (χ4n) is 3.69. The first-order valence-electron chi connectivity index (χ1n) is 10.1. The number of hydrogen-bond donors (Lipinski definition) is 2. The molecular formula is C28H24N2O. The highest BCUT2D eigenvalue weighted by Crippen LogP contribution is 2.24. The zero-order valence-corrected chi connectivity index (χ0v) is 17.0. The topological polar surface area (TPSA) is 63.1 Å². The molecule has 0 radical (unpaired) electrons. The Bertz CT molecular complexity index is 1210. The lowest BCUT2D eigenvalue weighted by molar-refractivity contribution is 0.824. The van der Waals surface area contributed by atoms with E-state index in [4.69, 9.17) is 0 Å². The van der Waals surface area contributed by atoms with Gasteiger partial charge in [-0.15, -0.1) is 0 Å². The second kappa shape index (κ2) is 9.16. The maximum atomic E-state index is 3.41. The number of hydrogen-bond acceptors (Lipinski definition) is 0. The van der Waals surface area contributed by atoms with Gasteiger partial charge in [-0.2, -0.15) is 0 Å². The summed E-state index contributed by atoms with van der Waals surface area (Å²) in [6.07, 6.45) is 0. The summed E-state index contributed by atoms with van der Waals surface area (Å²) < 4.78 is 0. The zero-order valence-electron chi connectivity index (χ0n) is 17.0. The minimum absolute atomic E-state index is 0. The van der Waals surface area contributed by atoms with E-state index < -0.39 is 0 Å². The Morgan fingerprint density at radius 1 is 0.387 bits per heavy atom. The van der Waals surface area contributed by atoms with Gasteiger partial charge in [0.25, 0.3) is 0 Å². The molecule has 0 aliphatic heterocycles. The van der Waals surface area contributed by atoms with Crippen LogP contribution in [-0.4, -0.2) is 15.4 Å². The zero-order chi connectivity index (χ0) is 20.2. The number of rotatable bonds is 2. The molecule has 152 valence electrons. The standard InChI is InChI=1S/2C14H11N.H2O/c2*1-2-6-11(7-3-1)14-10-12-8-4-5-9-13(12)15-14;/h2*1-10,15H;1H2. The van der Waals surface area contributed by atoms with Crippen LogP contribution in [0.25, 0.3) is 44.3 Å². The van der Waals surface area contributed by atoms with Gasteiger partial charge in [0.05, 0.1) is 0 Å². The summed E-state index contributed by atoms with van der Waals surface area (Å²) in [6.45, 7) is 0. The van der Waals surface area contributed by atoms with Crippen molar-refractivity contribution in [1.82, 2.24) is 9.97 Å². The van der Waals surface area contributed by atoms with Crippen LogP contribution in [0.2, 0.25) is 0 Å². The fourth-order valence-corrected chi connectivity index (χ4v) is 3.69. The van der Waals surface area contributed by atoms with Crippen molar-refractivity contribution in [3.8, 4) is 22.5 Å². The second-order valence-electron chi connectivity index (χ2n) is 7.27. The van der Waals surface area contributed by atoms with Gasteiger partial charge in [-0.05, 0) is 35.4 Å². The van der Waals surface area contributed by atoms with Gasteiger partial charge in [-0.25, -0.2) is 0 Å². The first-order valence-corrected chi connectivity index (χ1v) is 10.1. The molecule has 0 saturated carbocycles. The van der Waals surface area contributed by atoms with E-state index in [1.165, 1.54) is 44.3 Å². The summed E-state index contributed by atoms with van der Waals surface area (Å²) in [4.78, 5) is 6.82. The lowest BCUT2D eigenvalue weighted by Crippen LogP contribution is -1.74. The van der Waals surface area contributed by atoms with E-state index in [9.17, 15) is 0 Å². The average molecular weight is 405 g/mol. The van der Waals surface area contributed by atoms with Crippen LogP contribution in [0.4, 0.5) is 0 Å². The van der Waals surface area contributed by atoms with Crippen LogP contribution in [0.15, 0.2) is 121 Å². The largest absolute Gasteiger partial charge is 0.412 e. The molecule has 4 N–H and O–H groups in total. The lowest BCUT2D eigenvalue weighted by Gasteiger charge is -1.94. The van der Waals surface area contributed by atoms with E-state index in [1.807, 2.05) is 24.3 Å². The molecule has 0 aliphatic rings. The van der Waals surface area contributed by atoms with E-state index in [1.54, 1.807) is 0 Å². The van der Waals surface area contributed by atoms with Gasteiger partial charge in [-0.1, -0.05) is 97.1 Å². The SMILES string of the molecule is O.c1ccc(-c2cc3ccccc3[nH]2)cc1.c1ccc(-c2cc3ccccc3[nH]2)cc1. The van der Waals surface area contributed by atoms with Gasteiger partial charge >= 0.3 is 0 Å². The summed E-state index contributed by atoms with van der Waals surface area (Å²) in [5.41, 5.74) is 7.20. The molecule has 3 nitrogen and oxygen atoms in total. The van der Waals surface area contributed by atoms with Crippen molar-refractivity contribution in [3.05, 3.63) is 121 Å².